The van der Waals surface area contributed by atoms with E-state index in [0.717, 1.165) is 25.7 Å². The van der Waals surface area contributed by atoms with Crippen LogP contribution in [-0.2, 0) is 10.0 Å². The van der Waals surface area contributed by atoms with E-state index in [1.54, 1.807) is 0 Å². The molecule has 1 saturated carbocycles. The lowest BCUT2D eigenvalue weighted by Crippen LogP contribution is -2.58. The Balaban J connectivity index is 2.40. The zero-order chi connectivity index (χ0) is 17.1. The molecule has 2 unspecified atom stereocenters. The topological polar surface area (TPSA) is 105 Å². The number of hydrogen-bond acceptors (Lipinski definition) is 5. The minimum atomic E-state index is -3.80. The Bertz CT molecular complexity index is 712. The molecule has 0 aromatic heterocycles. The molecule has 0 radical (unpaired) electrons. The van der Waals surface area contributed by atoms with Gasteiger partial charge in [0.15, 0.2) is 0 Å². The summed E-state index contributed by atoms with van der Waals surface area (Å²) in [5.41, 5.74) is 5.65. The summed E-state index contributed by atoms with van der Waals surface area (Å²) in [5, 5.41) is 8.94. The summed E-state index contributed by atoms with van der Waals surface area (Å²) < 4.78 is 33.7. The van der Waals surface area contributed by atoms with Crippen LogP contribution in [0.25, 0.3) is 0 Å². The zero-order valence-corrected chi connectivity index (χ0v) is 14.3. The SMILES string of the molecule is COc1cc(C#N)ccc1S(=O)(=O)NC1(CN)CCCCC1C. The van der Waals surface area contributed by atoms with Gasteiger partial charge in [-0.1, -0.05) is 19.8 Å². The van der Waals surface area contributed by atoms with E-state index in [-0.39, 0.29) is 23.1 Å². The predicted octanol–water partition coefficient (Wildman–Crippen LogP) is 1.75. The average Bonchev–Trinajstić information content (AvgIpc) is 2.56. The molecular formula is C16H23N3O3S. The predicted molar refractivity (Wildman–Crippen MR) is 87.4 cm³/mol. The lowest BCUT2D eigenvalue weighted by Gasteiger charge is -2.42. The first-order chi connectivity index (χ1) is 10.9. The maximum Gasteiger partial charge on any atom is 0.244 e. The zero-order valence-electron chi connectivity index (χ0n) is 13.5. The molecule has 3 N–H and O–H groups in total. The van der Waals surface area contributed by atoms with Crippen molar-refractivity contribution in [1.29, 1.82) is 5.26 Å². The van der Waals surface area contributed by atoms with Crippen molar-refractivity contribution >= 4 is 10.0 Å². The molecular weight excluding hydrogens is 314 g/mol. The third kappa shape index (κ3) is 3.50. The van der Waals surface area contributed by atoms with Gasteiger partial charge in [-0.05, 0) is 37.0 Å². The Kier molecular flexibility index (Phi) is 5.30. The largest absolute Gasteiger partial charge is 0.495 e. The van der Waals surface area contributed by atoms with Crippen LogP contribution in [-0.4, -0.2) is 27.6 Å². The Morgan fingerprint density at radius 2 is 2.22 bits per heavy atom. The van der Waals surface area contributed by atoms with Crippen molar-refractivity contribution in [1.82, 2.24) is 4.72 Å². The minimum Gasteiger partial charge on any atom is -0.495 e. The van der Waals surface area contributed by atoms with Gasteiger partial charge in [0, 0.05) is 12.1 Å². The van der Waals surface area contributed by atoms with E-state index in [9.17, 15) is 8.42 Å². The van der Waals surface area contributed by atoms with Crippen LogP contribution in [0.3, 0.4) is 0 Å². The van der Waals surface area contributed by atoms with Gasteiger partial charge < -0.3 is 10.5 Å². The van der Waals surface area contributed by atoms with Gasteiger partial charge in [-0.15, -0.1) is 0 Å². The molecule has 1 aliphatic carbocycles. The first kappa shape index (κ1) is 17.7. The molecule has 1 aliphatic rings. The standard InChI is InChI=1S/C16H23N3O3S/c1-12-5-3-4-8-16(12,11-18)19-23(20,21)15-7-6-13(10-17)9-14(15)22-2/h6-7,9,12,19H,3-5,8,11,18H2,1-2H3. The van der Waals surface area contributed by atoms with E-state index >= 15 is 0 Å². The smallest absolute Gasteiger partial charge is 0.244 e. The van der Waals surface area contributed by atoms with E-state index in [1.807, 2.05) is 13.0 Å². The molecule has 0 aliphatic heterocycles. The Hall–Kier alpha value is -1.62. The summed E-state index contributed by atoms with van der Waals surface area (Å²) in [6.45, 7) is 2.29. The van der Waals surface area contributed by atoms with Gasteiger partial charge in [-0.3, -0.25) is 0 Å². The number of sulfonamides is 1. The van der Waals surface area contributed by atoms with Gasteiger partial charge in [0.1, 0.15) is 10.6 Å². The molecule has 126 valence electrons. The van der Waals surface area contributed by atoms with Gasteiger partial charge in [0.2, 0.25) is 10.0 Å². The second-order valence-corrected chi connectivity index (χ2v) is 7.74. The molecule has 0 spiro atoms. The Morgan fingerprint density at radius 1 is 1.48 bits per heavy atom. The normalized spacial score (nSPS) is 24.9. The van der Waals surface area contributed by atoms with Crippen LogP contribution in [0.5, 0.6) is 5.75 Å². The molecule has 2 rings (SSSR count). The lowest BCUT2D eigenvalue weighted by atomic mass is 9.74. The van der Waals surface area contributed by atoms with Crippen LogP contribution in [0.15, 0.2) is 23.1 Å². The highest BCUT2D eigenvalue weighted by Gasteiger charge is 2.41. The summed E-state index contributed by atoms with van der Waals surface area (Å²) in [5.74, 6) is 0.326. The number of nitrogens with two attached hydrogens (primary N) is 1. The molecule has 6 nitrogen and oxygen atoms in total. The van der Waals surface area contributed by atoms with Crippen molar-refractivity contribution in [3.8, 4) is 11.8 Å². The molecule has 0 bridgehead atoms. The molecule has 1 aromatic rings. The van der Waals surface area contributed by atoms with E-state index in [4.69, 9.17) is 15.7 Å². The third-order valence-corrected chi connectivity index (χ3v) is 6.33. The Morgan fingerprint density at radius 3 is 2.78 bits per heavy atom. The fourth-order valence-electron chi connectivity index (χ4n) is 3.19. The number of methoxy groups -OCH3 is 1. The average molecular weight is 337 g/mol. The number of ether oxygens (including phenoxy) is 1. The highest BCUT2D eigenvalue weighted by molar-refractivity contribution is 7.89. The van der Waals surface area contributed by atoms with Crippen molar-refractivity contribution in [3.63, 3.8) is 0 Å². The van der Waals surface area contributed by atoms with Crippen molar-refractivity contribution in [2.75, 3.05) is 13.7 Å². The van der Waals surface area contributed by atoms with Gasteiger partial charge in [-0.25, -0.2) is 13.1 Å². The first-order valence-electron chi connectivity index (χ1n) is 7.71. The van der Waals surface area contributed by atoms with Crippen molar-refractivity contribution in [2.24, 2.45) is 11.7 Å². The highest BCUT2D eigenvalue weighted by Crippen LogP contribution is 2.35. The van der Waals surface area contributed by atoms with Gasteiger partial charge in [0.05, 0.1) is 18.7 Å². The second kappa shape index (κ2) is 6.87. The van der Waals surface area contributed by atoms with Gasteiger partial charge >= 0.3 is 0 Å². The van der Waals surface area contributed by atoms with Crippen LogP contribution in [0.1, 0.15) is 38.2 Å². The third-order valence-electron chi connectivity index (χ3n) is 4.74. The van der Waals surface area contributed by atoms with E-state index in [1.165, 1.54) is 25.3 Å². The minimum absolute atomic E-state index is 0.0320. The maximum atomic E-state index is 12.9. The molecule has 7 heteroatoms. The van der Waals surface area contributed by atoms with Crippen LogP contribution in [0, 0.1) is 17.2 Å². The summed E-state index contributed by atoms with van der Waals surface area (Å²) in [6, 6.07) is 6.27. The summed E-state index contributed by atoms with van der Waals surface area (Å²) in [4.78, 5) is 0.0320. The Labute approximate surface area is 137 Å². The van der Waals surface area contributed by atoms with E-state index in [0.29, 0.717) is 5.56 Å². The summed E-state index contributed by atoms with van der Waals surface area (Å²) >= 11 is 0. The molecule has 0 saturated heterocycles. The summed E-state index contributed by atoms with van der Waals surface area (Å²) in [6.07, 6.45) is 3.71. The fourth-order valence-corrected chi connectivity index (χ4v) is 4.88. The lowest BCUT2D eigenvalue weighted by molar-refractivity contribution is 0.191. The van der Waals surface area contributed by atoms with Crippen LogP contribution < -0.4 is 15.2 Å². The van der Waals surface area contributed by atoms with E-state index < -0.39 is 15.6 Å². The van der Waals surface area contributed by atoms with Crippen molar-refractivity contribution < 1.29 is 13.2 Å². The molecule has 1 fully saturated rings. The number of benzene rings is 1. The number of nitrogens with one attached hydrogen (secondary N) is 1. The number of nitrogens with zero attached hydrogens (tertiary/aromatic N) is 1. The molecule has 0 amide bonds. The first-order valence-corrected chi connectivity index (χ1v) is 9.19. The number of nitriles is 1. The van der Waals surface area contributed by atoms with Crippen molar-refractivity contribution in [3.05, 3.63) is 23.8 Å². The quantitative estimate of drug-likeness (QED) is 0.851. The molecule has 0 heterocycles. The molecule has 2 atom stereocenters. The van der Waals surface area contributed by atoms with E-state index in [2.05, 4.69) is 4.72 Å². The van der Waals surface area contributed by atoms with Crippen LogP contribution in [0.4, 0.5) is 0 Å². The number of rotatable bonds is 5. The molecule has 1 aromatic carbocycles. The summed E-state index contributed by atoms with van der Waals surface area (Å²) in [7, 11) is -2.41. The monoisotopic (exact) mass is 337 g/mol. The number of hydrogen-bond donors (Lipinski definition) is 2. The maximum absolute atomic E-state index is 12.9. The van der Waals surface area contributed by atoms with Crippen LogP contribution >= 0.6 is 0 Å². The highest BCUT2D eigenvalue weighted by atomic mass is 32.2. The fraction of sp³-hybridized carbons (Fsp3) is 0.562. The van der Waals surface area contributed by atoms with Crippen molar-refractivity contribution in [2.45, 2.75) is 43.0 Å². The second-order valence-electron chi connectivity index (χ2n) is 6.09. The van der Waals surface area contributed by atoms with Gasteiger partial charge in [0.25, 0.3) is 0 Å². The van der Waals surface area contributed by atoms with Crippen LogP contribution in [0.2, 0.25) is 0 Å². The van der Waals surface area contributed by atoms with Gasteiger partial charge in [-0.2, -0.15) is 5.26 Å². The molecule has 23 heavy (non-hydrogen) atoms.